The highest BCUT2D eigenvalue weighted by Crippen LogP contribution is 2.34. The third-order valence-corrected chi connectivity index (χ3v) is 2.70. The number of hydrogen-bond donors (Lipinski definition) is 0. The summed E-state index contributed by atoms with van der Waals surface area (Å²) in [5, 5.41) is 0. The van der Waals surface area contributed by atoms with Gasteiger partial charge in [0.05, 0.1) is 13.2 Å². The van der Waals surface area contributed by atoms with E-state index in [2.05, 4.69) is 0 Å². The van der Waals surface area contributed by atoms with Gasteiger partial charge in [0.1, 0.15) is 6.04 Å². The van der Waals surface area contributed by atoms with E-state index in [1.54, 1.807) is 27.7 Å². The normalized spacial score (nSPS) is 28.4. The van der Waals surface area contributed by atoms with E-state index in [0.29, 0.717) is 6.61 Å². The number of nitrogens with zero attached hydrogens (tertiary/aromatic N) is 1. The zero-order valence-electron chi connectivity index (χ0n) is 9.56. The summed E-state index contributed by atoms with van der Waals surface area (Å²) in [5.74, 6) is 0. The van der Waals surface area contributed by atoms with Gasteiger partial charge in [0.15, 0.2) is 0 Å². The van der Waals surface area contributed by atoms with Gasteiger partial charge in [-0.15, -0.1) is 0 Å². The lowest BCUT2D eigenvalue weighted by molar-refractivity contribution is -0.242. The molecule has 90 valence electrons. The van der Waals surface area contributed by atoms with Crippen LogP contribution in [0, 0.1) is 0 Å². The van der Waals surface area contributed by atoms with Gasteiger partial charge in [-0.1, -0.05) is 0 Å². The first-order valence-electron chi connectivity index (χ1n) is 5.09. The summed E-state index contributed by atoms with van der Waals surface area (Å²) in [4.78, 5) is 1.50. The largest absolute Gasteiger partial charge is 0.406 e. The second-order valence-corrected chi connectivity index (χ2v) is 4.89. The Kier molecular flexibility index (Phi) is 3.36. The molecule has 0 aromatic heterocycles. The third kappa shape index (κ3) is 2.64. The number of rotatable bonds is 1. The van der Waals surface area contributed by atoms with Crippen molar-refractivity contribution in [3.63, 3.8) is 0 Å². The van der Waals surface area contributed by atoms with E-state index in [0.717, 1.165) is 0 Å². The van der Waals surface area contributed by atoms with Gasteiger partial charge >= 0.3 is 6.18 Å². The lowest BCUT2D eigenvalue weighted by atomic mass is 9.96. The first-order chi connectivity index (χ1) is 6.66. The zero-order chi connectivity index (χ0) is 11.9. The van der Waals surface area contributed by atoms with Crippen molar-refractivity contribution in [3.8, 4) is 0 Å². The second kappa shape index (κ2) is 3.94. The molecule has 0 aliphatic carbocycles. The van der Waals surface area contributed by atoms with Crippen LogP contribution < -0.4 is 0 Å². The van der Waals surface area contributed by atoms with Gasteiger partial charge in [0, 0.05) is 11.6 Å². The van der Waals surface area contributed by atoms with E-state index in [1.165, 1.54) is 4.90 Å². The summed E-state index contributed by atoms with van der Waals surface area (Å²) in [5.41, 5.74) is -0.563. The molecule has 1 atom stereocenters. The van der Waals surface area contributed by atoms with Crippen LogP contribution in [-0.4, -0.2) is 41.9 Å². The number of ether oxygens (including phenoxy) is 1. The van der Waals surface area contributed by atoms with Gasteiger partial charge in [0.2, 0.25) is 0 Å². The van der Waals surface area contributed by atoms with Crippen molar-refractivity contribution in [1.29, 1.82) is 0 Å². The Labute approximate surface area is 88.4 Å². The van der Waals surface area contributed by atoms with Gasteiger partial charge in [0.25, 0.3) is 0 Å². The van der Waals surface area contributed by atoms with Crippen LogP contribution in [0.3, 0.4) is 0 Å². The Balaban J connectivity index is 2.95. The average molecular weight is 225 g/mol. The fourth-order valence-electron chi connectivity index (χ4n) is 2.31. The van der Waals surface area contributed by atoms with Crippen molar-refractivity contribution >= 4 is 0 Å². The molecule has 1 unspecified atom stereocenters. The van der Waals surface area contributed by atoms with Gasteiger partial charge < -0.3 is 4.74 Å². The number of hydrogen-bond acceptors (Lipinski definition) is 2. The van der Waals surface area contributed by atoms with Crippen LogP contribution in [0.4, 0.5) is 13.2 Å². The van der Waals surface area contributed by atoms with E-state index in [1.807, 2.05) is 0 Å². The maximum Gasteiger partial charge on any atom is 0.406 e. The standard InChI is InChI=1S/C10H18F3NO/c1-7(2)14-8(10(11,12)13)5-15-6-9(14,3)4/h7-8H,5-6H2,1-4H3. The lowest BCUT2D eigenvalue weighted by Crippen LogP contribution is -2.65. The molecule has 0 N–H and O–H groups in total. The summed E-state index contributed by atoms with van der Waals surface area (Å²) in [6, 6.07) is -1.63. The smallest absolute Gasteiger partial charge is 0.378 e. The first kappa shape index (κ1) is 12.8. The molecule has 1 aliphatic rings. The molecule has 2 nitrogen and oxygen atoms in total. The quantitative estimate of drug-likeness (QED) is 0.679. The topological polar surface area (TPSA) is 12.5 Å². The predicted molar refractivity (Wildman–Crippen MR) is 51.7 cm³/mol. The molecule has 0 bridgehead atoms. The van der Waals surface area contributed by atoms with Gasteiger partial charge in [-0.2, -0.15) is 13.2 Å². The molecule has 0 aromatic carbocycles. The van der Waals surface area contributed by atoms with Crippen molar-refractivity contribution in [1.82, 2.24) is 4.90 Å². The number of alkyl halides is 3. The SMILES string of the molecule is CC(C)N1C(C(F)(F)F)COCC1(C)C. The number of morpholine rings is 1. The molecule has 1 heterocycles. The van der Waals surface area contributed by atoms with Crippen molar-refractivity contribution in [3.05, 3.63) is 0 Å². The Morgan fingerprint density at radius 3 is 2.20 bits per heavy atom. The zero-order valence-corrected chi connectivity index (χ0v) is 9.56. The summed E-state index contributed by atoms with van der Waals surface area (Å²) in [6.45, 7) is 7.22. The summed E-state index contributed by atoms with van der Waals surface area (Å²) in [6.07, 6.45) is -4.22. The summed E-state index contributed by atoms with van der Waals surface area (Å²) in [7, 11) is 0. The molecule has 5 heteroatoms. The van der Waals surface area contributed by atoms with Crippen LogP contribution in [0.1, 0.15) is 27.7 Å². The highest BCUT2D eigenvalue weighted by atomic mass is 19.4. The molecule has 1 aliphatic heterocycles. The maximum atomic E-state index is 12.8. The summed E-state index contributed by atoms with van der Waals surface area (Å²) >= 11 is 0. The average Bonchev–Trinajstić information content (AvgIpc) is 1.99. The first-order valence-corrected chi connectivity index (χ1v) is 5.09. The van der Waals surface area contributed by atoms with Crippen LogP contribution in [0.2, 0.25) is 0 Å². The highest BCUT2D eigenvalue weighted by molar-refractivity contribution is 4.95. The molecule has 1 fully saturated rings. The number of halogens is 3. The van der Waals surface area contributed by atoms with Gasteiger partial charge in [-0.05, 0) is 27.7 Å². The van der Waals surface area contributed by atoms with Gasteiger partial charge in [-0.3, -0.25) is 4.90 Å². The van der Waals surface area contributed by atoms with Crippen molar-refractivity contribution in [2.24, 2.45) is 0 Å². The van der Waals surface area contributed by atoms with E-state index < -0.39 is 17.8 Å². The van der Waals surface area contributed by atoms with Crippen LogP contribution in [0.15, 0.2) is 0 Å². The third-order valence-electron chi connectivity index (χ3n) is 2.70. The monoisotopic (exact) mass is 225 g/mol. The minimum Gasteiger partial charge on any atom is -0.378 e. The van der Waals surface area contributed by atoms with Crippen LogP contribution in [0.5, 0.6) is 0 Å². The van der Waals surface area contributed by atoms with Crippen molar-refractivity contribution < 1.29 is 17.9 Å². The molecule has 0 saturated carbocycles. The Morgan fingerprint density at radius 2 is 1.87 bits per heavy atom. The Hall–Kier alpha value is -0.290. The molecular formula is C10H18F3NO. The predicted octanol–water partition coefficient (Wildman–Crippen LogP) is 2.44. The maximum absolute atomic E-state index is 12.8. The Bertz CT molecular complexity index is 225. The van der Waals surface area contributed by atoms with E-state index in [9.17, 15) is 13.2 Å². The fourth-order valence-corrected chi connectivity index (χ4v) is 2.31. The lowest BCUT2D eigenvalue weighted by Gasteiger charge is -2.50. The van der Waals surface area contributed by atoms with E-state index >= 15 is 0 Å². The molecule has 0 radical (unpaired) electrons. The molecule has 0 aromatic rings. The molecule has 0 amide bonds. The minimum atomic E-state index is -4.22. The van der Waals surface area contributed by atoms with E-state index in [-0.39, 0.29) is 12.6 Å². The fraction of sp³-hybridized carbons (Fsp3) is 1.00. The van der Waals surface area contributed by atoms with Crippen LogP contribution >= 0.6 is 0 Å². The molecule has 0 spiro atoms. The second-order valence-electron chi connectivity index (χ2n) is 4.89. The Morgan fingerprint density at radius 1 is 1.33 bits per heavy atom. The minimum absolute atomic E-state index is 0.143. The molecule has 1 saturated heterocycles. The van der Waals surface area contributed by atoms with E-state index in [4.69, 9.17) is 4.74 Å². The summed E-state index contributed by atoms with van der Waals surface area (Å²) < 4.78 is 43.4. The highest BCUT2D eigenvalue weighted by Gasteiger charge is 2.51. The molecule has 1 rings (SSSR count). The van der Waals surface area contributed by atoms with Gasteiger partial charge in [-0.25, -0.2) is 0 Å². The van der Waals surface area contributed by atoms with Crippen molar-refractivity contribution in [2.75, 3.05) is 13.2 Å². The van der Waals surface area contributed by atoms with Crippen LogP contribution in [0.25, 0.3) is 0 Å². The molecule has 15 heavy (non-hydrogen) atoms. The van der Waals surface area contributed by atoms with Crippen molar-refractivity contribution in [2.45, 2.75) is 51.5 Å². The molecular weight excluding hydrogens is 207 g/mol. The van der Waals surface area contributed by atoms with Crippen LogP contribution in [-0.2, 0) is 4.74 Å².